The number of ether oxygens (including phenoxy) is 1. The number of benzene rings is 1. The molecule has 0 aromatic heterocycles. The van der Waals surface area contributed by atoms with Gasteiger partial charge in [0.2, 0.25) is 5.91 Å². The number of hydrogen-bond acceptors (Lipinski definition) is 3. The number of hydrogen-bond donors (Lipinski definition) is 1. The minimum absolute atomic E-state index is 0.0329. The molecule has 1 atom stereocenters. The van der Waals surface area contributed by atoms with Gasteiger partial charge in [0.1, 0.15) is 0 Å². The summed E-state index contributed by atoms with van der Waals surface area (Å²) in [5.74, 6) is 0.228. The highest BCUT2D eigenvalue weighted by Crippen LogP contribution is 2.29. The Bertz CT molecular complexity index is 476. The number of rotatable bonds is 5. The number of carbonyl (C=O) groups excluding carboxylic acids is 1. The molecule has 1 heterocycles. The first-order valence-electron chi connectivity index (χ1n) is 7.90. The van der Waals surface area contributed by atoms with Crippen molar-refractivity contribution >= 4 is 5.91 Å². The third-order valence-corrected chi connectivity index (χ3v) is 4.19. The summed E-state index contributed by atoms with van der Waals surface area (Å²) in [7, 11) is 0. The predicted octanol–water partition coefficient (Wildman–Crippen LogP) is 1.86. The average molecular weight is 288 g/mol. The van der Waals surface area contributed by atoms with Crippen LogP contribution in [0.1, 0.15) is 30.4 Å². The van der Waals surface area contributed by atoms with Gasteiger partial charge >= 0.3 is 0 Å². The lowest BCUT2D eigenvalue weighted by Gasteiger charge is -2.27. The second-order valence-electron chi connectivity index (χ2n) is 6.14. The lowest BCUT2D eigenvalue weighted by Crippen LogP contribution is -2.42. The summed E-state index contributed by atoms with van der Waals surface area (Å²) in [5.41, 5.74) is 2.47. The van der Waals surface area contributed by atoms with E-state index in [1.54, 1.807) is 0 Å². The summed E-state index contributed by atoms with van der Waals surface area (Å²) in [6, 6.07) is 8.90. The Kier molecular flexibility index (Phi) is 4.56. The lowest BCUT2D eigenvalue weighted by molar-refractivity contribution is -0.136. The van der Waals surface area contributed by atoms with Crippen LogP contribution in [0.5, 0.6) is 0 Å². The Morgan fingerprint density at radius 1 is 1.33 bits per heavy atom. The van der Waals surface area contributed by atoms with Gasteiger partial charge in [0.25, 0.3) is 0 Å². The smallest absolute Gasteiger partial charge is 0.225 e. The Morgan fingerprint density at radius 3 is 2.71 bits per heavy atom. The SMILES string of the molecule is Cc1ccc(CN(C(=O)CC2CNCCO2)C2CC2)cc1. The Balaban J connectivity index is 1.60. The third kappa shape index (κ3) is 4.05. The van der Waals surface area contributed by atoms with E-state index in [0.29, 0.717) is 19.1 Å². The van der Waals surface area contributed by atoms with Crippen LogP contribution in [0.2, 0.25) is 0 Å². The van der Waals surface area contributed by atoms with Crippen LogP contribution >= 0.6 is 0 Å². The summed E-state index contributed by atoms with van der Waals surface area (Å²) < 4.78 is 5.65. The summed E-state index contributed by atoms with van der Waals surface area (Å²) in [5, 5.41) is 3.28. The second kappa shape index (κ2) is 6.58. The first-order valence-corrected chi connectivity index (χ1v) is 7.90. The fourth-order valence-corrected chi connectivity index (χ4v) is 2.76. The number of amides is 1. The maximum absolute atomic E-state index is 12.6. The molecular weight excluding hydrogens is 264 g/mol. The Labute approximate surface area is 126 Å². The van der Waals surface area contributed by atoms with Gasteiger partial charge < -0.3 is 15.0 Å². The van der Waals surface area contributed by atoms with Crippen molar-refractivity contribution in [1.82, 2.24) is 10.2 Å². The molecule has 2 fully saturated rings. The summed E-state index contributed by atoms with van der Waals surface area (Å²) in [6.07, 6.45) is 2.81. The highest BCUT2D eigenvalue weighted by atomic mass is 16.5. The fourth-order valence-electron chi connectivity index (χ4n) is 2.76. The third-order valence-electron chi connectivity index (χ3n) is 4.19. The maximum atomic E-state index is 12.6. The van der Waals surface area contributed by atoms with Crippen LogP contribution < -0.4 is 5.32 Å². The second-order valence-corrected chi connectivity index (χ2v) is 6.14. The van der Waals surface area contributed by atoms with Crippen LogP contribution in [0.15, 0.2) is 24.3 Å². The monoisotopic (exact) mass is 288 g/mol. The van der Waals surface area contributed by atoms with E-state index in [1.165, 1.54) is 11.1 Å². The molecule has 114 valence electrons. The molecule has 0 spiro atoms. The highest BCUT2D eigenvalue weighted by molar-refractivity contribution is 5.77. The van der Waals surface area contributed by atoms with E-state index in [2.05, 4.69) is 36.5 Å². The number of morpholine rings is 1. The van der Waals surface area contributed by atoms with Gasteiger partial charge in [0, 0.05) is 25.7 Å². The van der Waals surface area contributed by atoms with Crippen LogP contribution in [0.25, 0.3) is 0 Å². The molecule has 21 heavy (non-hydrogen) atoms. The van der Waals surface area contributed by atoms with Crippen molar-refractivity contribution in [3.63, 3.8) is 0 Å². The normalized spacial score (nSPS) is 22.0. The molecule has 0 radical (unpaired) electrons. The number of carbonyl (C=O) groups is 1. The van der Waals surface area contributed by atoms with Gasteiger partial charge in [0.05, 0.1) is 19.1 Å². The standard InChI is InChI=1S/C17H24N2O2/c1-13-2-4-14(5-3-13)12-19(15-6-7-15)17(20)10-16-11-18-8-9-21-16/h2-5,15-16,18H,6-12H2,1H3. The molecule has 1 amide bonds. The van der Waals surface area contributed by atoms with Crippen molar-refractivity contribution in [2.45, 2.75) is 44.9 Å². The van der Waals surface area contributed by atoms with Gasteiger partial charge in [-0.25, -0.2) is 0 Å². The fraction of sp³-hybridized carbons (Fsp3) is 0.588. The van der Waals surface area contributed by atoms with E-state index in [9.17, 15) is 4.79 Å². The van der Waals surface area contributed by atoms with E-state index in [4.69, 9.17) is 4.74 Å². The summed E-state index contributed by atoms with van der Waals surface area (Å²) >= 11 is 0. The lowest BCUT2D eigenvalue weighted by atomic mass is 10.1. The zero-order chi connectivity index (χ0) is 14.7. The van der Waals surface area contributed by atoms with E-state index in [-0.39, 0.29) is 12.0 Å². The summed E-state index contributed by atoms with van der Waals surface area (Å²) in [4.78, 5) is 14.6. The number of nitrogens with one attached hydrogen (secondary N) is 1. The van der Waals surface area contributed by atoms with Gasteiger partial charge in [-0.05, 0) is 25.3 Å². The van der Waals surface area contributed by atoms with Crippen molar-refractivity contribution in [1.29, 1.82) is 0 Å². The molecule has 1 N–H and O–H groups in total. The number of nitrogens with zero attached hydrogens (tertiary/aromatic N) is 1. The largest absolute Gasteiger partial charge is 0.375 e. The van der Waals surface area contributed by atoms with Gasteiger partial charge in [-0.15, -0.1) is 0 Å². The van der Waals surface area contributed by atoms with Crippen molar-refractivity contribution in [3.05, 3.63) is 35.4 Å². The van der Waals surface area contributed by atoms with Crippen molar-refractivity contribution in [2.75, 3.05) is 19.7 Å². The number of aryl methyl sites for hydroxylation is 1. The predicted molar refractivity (Wildman–Crippen MR) is 82.0 cm³/mol. The molecule has 1 aromatic rings. The molecule has 1 saturated carbocycles. The van der Waals surface area contributed by atoms with Crippen LogP contribution in [-0.2, 0) is 16.1 Å². The quantitative estimate of drug-likeness (QED) is 0.899. The summed E-state index contributed by atoms with van der Waals surface area (Å²) in [6.45, 7) is 5.19. The molecule has 0 bridgehead atoms. The van der Waals surface area contributed by atoms with Crippen LogP contribution in [0.4, 0.5) is 0 Å². The van der Waals surface area contributed by atoms with Crippen molar-refractivity contribution in [2.24, 2.45) is 0 Å². The first-order chi connectivity index (χ1) is 10.2. The molecule has 2 aliphatic rings. The van der Waals surface area contributed by atoms with E-state index < -0.39 is 0 Å². The van der Waals surface area contributed by atoms with Crippen LogP contribution in [-0.4, -0.2) is 42.6 Å². The molecule has 1 unspecified atom stereocenters. The van der Waals surface area contributed by atoms with E-state index in [1.807, 2.05) is 4.90 Å². The zero-order valence-corrected chi connectivity index (χ0v) is 12.7. The molecule has 1 aliphatic heterocycles. The highest BCUT2D eigenvalue weighted by Gasteiger charge is 2.33. The molecule has 4 nitrogen and oxygen atoms in total. The van der Waals surface area contributed by atoms with Gasteiger partial charge in [-0.1, -0.05) is 29.8 Å². The Hall–Kier alpha value is -1.39. The van der Waals surface area contributed by atoms with Crippen LogP contribution in [0, 0.1) is 6.92 Å². The molecule has 1 saturated heterocycles. The van der Waals surface area contributed by atoms with Gasteiger partial charge in [0.15, 0.2) is 0 Å². The van der Waals surface area contributed by atoms with Crippen molar-refractivity contribution < 1.29 is 9.53 Å². The van der Waals surface area contributed by atoms with E-state index >= 15 is 0 Å². The maximum Gasteiger partial charge on any atom is 0.225 e. The molecule has 3 rings (SSSR count). The minimum Gasteiger partial charge on any atom is -0.375 e. The molecule has 1 aromatic carbocycles. The van der Waals surface area contributed by atoms with Crippen LogP contribution in [0.3, 0.4) is 0 Å². The first kappa shape index (κ1) is 14.5. The minimum atomic E-state index is 0.0329. The average Bonchev–Trinajstić information content (AvgIpc) is 3.32. The zero-order valence-electron chi connectivity index (χ0n) is 12.7. The Morgan fingerprint density at radius 2 is 2.10 bits per heavy atom. The topological polar surface area (TPSA) is 41.6 Å². The molecule has 1 aliphatic carbocycles. The van der Waals surface area contributed by atoms with Gasteiger partial charge in [-0.2, -0.15) is 0 Å². The van der Waals surface area contributed by atoms with Gasteiger partial charge in [-0.3, -0.25) is 4.79 Å². The molecule has 4 heteroatoms. The van der Waals surface area contributed by atoms with Crippen molar-refractivity contribution in [3.8, 4) is 0 Å². The molecular formula is C17H24N2O2. The van der Waals surface area contributed by atoms with E-state index in [0.717, 1.165) is 32.5 Å².